The summed E-state index contributed by atoms with van der Waals surface area (Å²) in [6, 6.07) is 9.48. The second-order valence-corrected chi connectivity index (χ2v) is 5.87. The Bertz CT molecular complexity index is 958. The van der Waals surface area contributed by atoms with Gasteiger partial charge in [-0.1, -0.05) is 12.0 Å². The SMILES string of the molecule is C/C(N=CC#Cc1ccc(O)cc1)=C(/S)C(=O)NCc1ccc(F)cc1F. The van der Waals surface area contributed by atoms with Gasteiger partial charge in [0, 0.05) is 23.7 Å². The van der Waals surface area contributed by atoms with Crippen LogP contribution in [0.4, 0.5) is 8.78 Å². The van der Waals surface area contributed by atoms with E-state index in [4.69, 9.17) is 0 Å². The van der Waals surface area contributed by atoms with Crippen LogP contribution in [0, 0.1) is 23.5 Å². The molecule has 2 aromatic rings. The Balaban J connectivity index is 1.97. The first-order valence-electron chi connectivity index (χ1n) is 7.82. The fraction of sp³-hybridized carbons (Fsp3) is 0.100. The zero-order valence-corrected chi connectivity index (χ0v) is 15.2. The molecule has 0 aliphatic rings. The lowest BCUT2D eigenvalue weighted by atomic mass is 10.2. The summed E-state index contributed by atoms with van der Waals surface area (Å²) >= 11 is 4.12. The number of hydrogen-bond acceptors (Lipinski definition) is 4. The van der Waals surface area contributed by atoms with E-state index < -0.39 is 17.5 Å². The zero-order chi connectivity index (χ0) is 19.8. The van der Waals surface area contributed by atoms with Crippen molar-refractivity contribution in [3.05, 3.63) is 75.8 Å². The van der Waals surface area contributed by atoms with Crippen LogP contribution in [-0.4, -0.2) is 17.2 Å². The third-order valence-corrected chi connectivity index (χ3v) is 3.95. The summed E-state index contributed by atoms with van der Waals surface area (Å²) in [6.07, 6.45) is 1.32. The highest BCUT2D eigenvalue weighted by Gasteiger charge is 2.10. The highest BCUT2D eigenvalue weighted by molar-refractivity contribution is 7.85. The molecule has 0 aromatic heterocycles. The number of carbonyl (C=O) groups excluding carboxylic acids is 1. The number of phenolic OH excluding ortho intramolecular Hbond substituents is 1. The van der Waals surface area contributed by atoms with Gasteiger partial charge in [-0.05, 0) is 43.2 Å². The molecule has 4 nitrogen and oxygen atoms in total. The Kier molecular flexibility index (Phi) is 7.15. The summed E-state index contributed by atoms with van der Waals surface area (Å²) < 4.78 is 26.4. The van der Waals surface area contributed by atoms with Gasteiger partial charge >= 0.3 is 0 Å². The largest absolute Gasteiger partial charge is 0.508 e. The number of carbonyl (C=O) groups is 1. The summed E-state index contributed by atoms with van der Waals surface area (Å²) in [4.78, 5) is 16.1. The summed E-state index contributed by atoms with van der Waals surface area (Å²) in [7, 11) is 0. The fourth-order valence-electron chi connectivity index (χ4n) is 1.94. The highest BCUT2D eigenvalue weighted by atomic mass is 32.1. The Hall–Kier alpha value is -3.11. The predicted octanol–water partition coefficient (Wildman–Crippen LogP) is 3.57. The second kappa shape index (κ2) is 9.55. The molecule has 1 amide bonds. The van der Waals surface area contributed by atoms with E-state index in [1.807, 2.05) is 0 Å². The van der Waals surface area contributed by atoms with Gasteiger partial charge in [0.1, 0.15) is 17.4 Å². The van der Waals surface area contributed by atoms with Gasteiger partial charge in [-0.2, -0.15) is 0 Å². The minimum Gasteiger partial charge on any atom is -0.508 e. The van der Waals surface area contributed by atoms with Crippen molar-refractivity contribution in [2.24, 2.45) is 4.99 Å². The van der Waals surface area contributed by atoms with Crippen LogP contribution in [0.1, 0.15) is 18.1 Å². The lowest BCUT2D eigenvalue weighted by Gasteiger charge is -2.07. The molecule has 0 aliphatic heterocycles. The average molecular weight is 386 g/mol. The first-order chi connectivity index (χ1) is 12.9. The van der Waals surface area contributed by atoms with E-state index in [2.05, 4.69) is 34.8 Å². The summed E-state index contributed by atoms with van der Waals surface area (Å²) in [5.41, 5.74) is 1.19. The van der Waals surface area contributed by atoms with Crippen LogP contribution in [0.25, 0.3) is 0 Å². The number of phenols is 1. The first kappa shape index (κ1) is 20.2. The number of amides is 1. The lowest BCUT2D eigenvalue weighted by Crippen LogP contribution is -2.24. The second-order valence-electron chi connectivity index (χ2n) is 5.43. The summed E-state index contributed by atoms with van der Waals surface area (Å²) in [5, 5.41) is 11.7. The van der Waals surface area contributed by atoms with E-state index in [1.165, 1.54) is 24.4 Å². The number of thiol groups is 1. The molecule has 0 radical (unpaired) electrons. The number of hydrogen-bond donors (Lipinski definition) is 3. The number of aliphatic imine (C=N–C) groups is 1. The molecule has 0 saturated carbocycles. The van der Waals surface area contributed by atoms with Crippen molar-refractivity contribution in [3.8, 4) is 17.6 Å². The van der Waals surface area contributed by atoms with Crippen LogP contribution < -0.4 is 5.32 Å². The summed E-state index contributed by atoms with van der Waals surface area (Å²) in [6.45, 7) is 1.48. The molecule has 0 spiro atoms. The number of halogens is 2. The van der Waals surface area contributed by atoms with Crippen molar-refractivity contribution in [2.75, 3.05) is 0 Å². The molecule has 27 heavy (non-hydrogen) atoms. The molecule has 2 aromatic carbocycles. The molecule has 0 heterocycles. The molecule has 0 saturated heterocycles. The van der Waals surface area contributed by atoms with Gasteiger partial charge in [0.25, 0.3) is 5.91 Å². The molecule has 138 valence electrons. The maximum atomic E-state index is 13.6. The maximum Gasteiger partial charge on any atom is 0.259 e. The van der Waals surface area contributed by atoms with Gasteiger partial charge in [0.2, 0.25) is 0 Å². The standard InChI is InChI=1S/C20H16F2N2O2S/c1-13(23-10-2-3-14-4-8-17(25)9-5-14)19(27)20(26)24-12-15-6-7-16(21)11-18(15)22/h4-11,25,27H,12H2,1H3,(H,24,26)/b19-13-,23-10?. The molecule has 2 N–H and O–H groups in total. The van der Waals surface area contributed by atoms with E-state index in [1.54, 1.807) is 19.1 Å². The van der Waals surface area contributed by atoms with E-state index >= 15 is 0 Å². The lowest BCUT2D eigenvalue weighted by molar-refractivity contribution is -0.117. The van der Waals surface area contributed by atoms with Gasteiger partial charge in [0.05, 0.1) is 16.8 Å². The van der Waals surface area contributed by atoms with E-state index in [0.717, 1.165) is 12.1 Å². The molecule has 0 fully saturated rings. The van der Waals surface area contributed by atoms with Crippen LogP contribution in [-0.2, 0) is 11.3 Å². The Labute approximate surface area is 161 Å². The number of nitrogens with zero attached hydrogens (tertiary/aromatic N) is 1. The smallest absolute Gasteiger partial charge is 0.259 e. The van der Waals surface area contributed by atoms with Crippen molar-refractivity contribution in [1.82, 2.24) is 5.32 Å². The normalized spacial score (nSPS) is 11.6. The average Bonchev–Trinajstić information content (AvgIpc) is 2.65. The number of aromatic hydroxyl groups is 1. The zero-order valence-electron chi connectivity index (χ0n) is 14.3. The van der Waals surface area contributed by atoms with Crippen LogP contribution in [0.5, 0.6) is 5.75 Å². The van der Waals surface area contributed by atoms with E-state index in [0.29, 0.717) is 11.3 Å². The highest BCUT2D eigenvalue weighted by Crippen LogP contribution is 2.12. The monoisotopic (exact) mass is 386 g/mol. The van der Waals surface area contributed by atoms with Crippen LogP contribution >= 0.6 is 12.6 Å². The third kappa shape index (κ3) is 6.28. The first-order valence-corrected chi connectivity index (χ1v) is 8.26. The van der Waals surface area contributed by atoms with Crippen molar-refractivity contribution in [3.63, 3.8) is 0 Å². The summed E-state index contributed by atoms with van der Waals surface area (Å²) in [5.74, 6) is 3.72. The van der Waals surface area contributed by atoms with Gasteiger partial charge < -0.3 is 10.4 Å². The topological polar surface area (TPSA) is 61.7 Å². The van der Waals surface area contributed by atoms with E-state index in [-0.39, 0.29) is 22.8 Å². The third-order valence-electron chi connectivity index (χ3n) is 3.42. The van der Waals surface area contributed by atoms with Crippen LogP contribution in [0.15, 0.2) is 58.1 Å². The fourth-order valence-corrected chi connectivity index (χ4v) is 2.08. The number of nitrogens with one attached hydrogen (secondary N) is 1. The quantitative estimate of drug-likeness (QED) is 0.326. The van der Waals surface area contributed by atoms with Gasteiger partial charge in [0.15, 0.2) is 0 Å². The minimum absolute atomic E-state index is 0.0557. The molecule has 0 atom stereocenters. The number of rotatable bonds is 4. The van der Waals surface area contributed by atoms with Crippen molar-refractivity contribution < 1.29 is 18.7 Å². The van der Waals surface area contributed by atoms with Gasteiger partial charge in [-0.15, -0.1) is 12.6 Å². The van der Waals surface area contributed by atoms with Gasteiger partial charge in [-0.25, -0.2) is 8.78 Å². The van der Waals surface area contributed by atoms with Crippen molar-refractivity contribution >= 4 is 24.8 Å². The van der Waals surface area contributed by atoms with E-state index in [9.17, 15) is 18.7 Å². The van der Waals surface area contributed by atoms with Crippen molar-refractivity contribution in [1.29, 1.82) is 0 Å². The molecule has 7 heteroatoms. The number of benzene rings is 2. The maximum absolute atomic E-state index is 13.6. The Morgan fingerprint density at radius 1 is 1.26 bits per heavy atom. The van der Waals surface area contributed by atoms with Crippen molar-refractivity contribution in [2.45, 2.75) is 13.5 Å². The molecule has 0 aliphatic carbocycles. The van der Waals surface area contributed by atoms with Crippen LogP contribution in [0.2, 0.25) is 0 Å². The van der Waals surface area contributed by atoms with Crippen LogP contribution in [0.3, 0.4) is 0 Å². The molecule has 0 unspecified atom stereocenters. The predicted molar refractivity (Wildman–Crippen MR) is 103 cm³/mol. The molecular weight excluding hydrogens is 370 g/mol. The minimum atomic E-state index is -0.737. The number of allylic oxidation sites excluding steroid dienone is 1. The van der Waals surface area contributed by atoms with Gasteiger partial charge in [-0.3, -0.25) is 9.79 Å². The Morgan fingerprint density at radius 2 is 1.96 bits per heavy atom. The molecule has 2 rings (SSSR count). The molecule has 0 bridgehead atoms. The molecular formula is C20H16F2N2O2S. The Morgan fingerprint density at radius 3 is 2.63 bits per heavy atom.